The first-order chi connectivity index (χ1) is 7.88. The van der Waals surface area contributed by atoms with Crippen LogP contribution in [0.2, 0.25) is 0 Å². The van der Waals surface area contributed by atoms with Crippen molar-refractivity contribution in [2.75, 3.05) is 6.54 Å². The van der Waals surface area contributed by atoms with Crippen LogP contribution in [0.3, 0.4) is 0 Å². The predicted molar refractivity (Wildman–Crippen MR) is 67.5 cm³/mol. The Morgan fingerprint density at radius 3 is 2.75 bits per heavy atom. The summed E-state index contributed by atoms with van der Waals surface area (Å²) in [6.07, 6.45) is 9.97. The third-order valence-electron chi connectivity index (χ3n) is 5.06. The third-order valence-corrected chi connectivity index (χ3v) is 5.06. The van der Waals surface area contributed by atoms with Gasteiger partial charge in [-0.15, -0.1) is 0 Å². The maximum Gasteiger partial charge on any atom is 0.0113 e. The summed E-state index contributed by atoms with van der Waals surface area (Å²) in [4.78, 5) is 0. The van der Waals surface area contributed by atoms with Crippen molar-refractivity contribution in [2.24, 2.45) is 11.8 Å². The summed E-state index contributed by atoms with van der Waals surface area (Å²) in [5.41, 5.74) is 0. The molecule has 1 heterocycles. The van der Waals surface area contributed by atoms with Gasteiger partial charge in [0.25, 0.3) is 0 Å². The largest absolute Gasteiger partial charge is 0.314 e. The van der Waals surface area contributed by atoms with Crippen molar-refractivity contribution in [2.45, 2.75) is 70.0 Å². The lowest BCUT2D eigenvalue weighted by atomic mass is 9.93. The van der Waals surface area contributed by atoms with Gasteiger partial charge in [0.15, 0.2) is 0 Å². The number of nitrogens with one attached hydrogen (secondary N) is 2. The van der Waals surface area contributed by atoms with Crippen LogP contribution in [0.15, 0.2) is 0 Å². The van der Waals surface area contributed by atoms with E-state index in [1.807, 2.05) is 0 Å². The number of rotatable bonds is 4. The molecule has 0 amide bonds. The van der Waals surface area contributed by atoms with E-state index in [0.717, 1.165) is 30.0 Å². The maximum absolute atomic E-state index is 3.94. The van der Waals surface area contributed by atoms with Crippen LogP contribution < -0.4 is 10.6 Å². The van der Waals surface area contributed by atoms with Gasteiger partial charge in [-0.25, -0.2) is 0 Å². The van der Waals surface area contributed by atoms with Crippen molar-refractivity contribution in [1.82, 2.24) is 10.6 Å². The highest BCUT2D eigenvalue weighted by atomic mass is 15.0. The van der Waals surface area contributed by atoms with Crippen LogP contribution in [-0.2, 0) is 0 Å². The highest BCUT2D eigenvalue weighted by Gasteiger charge is 2.41. The van der Waals surface area contributed by atoms with E-state index in [9.17, 15) is 0 Å². The number of hydrogen-bond donors (Lipinski definition) is 2. The Morgan fingerprint density at radius 2 is 2.06 bits per heavy atom. The monoisotopic (exact) mass is 222 g/mol. The molecule has 16 heavy (non-hydrogen) atoms. The smallest absolute Gasteiger partial charge is 0.0113 e. The van der Waals surface area contributed by atoms with Gasteiger partial charge in [0.2, 0.25) is 0 Å². The molecule has 0 aromatic rings. The molecule has 2 aliphatic carbocycles. The van der Waals surface area contributed by atoms with Gasteiger partial charge in [0.1, 0.15) is 0 Å². The van der Waals surface area contributed by atoms with Gasteiger partial charge in [0, 0.05) is 18.1 Å². The molecule has 0 aromatic carbocycles. The van der Waals surface area contributed by atoms with Crippen molar-refractivity contribution < 1.29 is 0 Å². The van der Waals surface area contributed by atoms with E-state index in [2.05, 4.69) is 17.6 Å². The van der Waals surface area contributed by atoms with Crippen LogP contribution in [0.25, 0.3) is 0 Å². The van der Waals surface area contributed by atoms with Gasteiger partial charge in [-0.05, 0) is 50.5 Å². The van der Waals surface area contributed by atoms with Crippen LogP contribution >= 0.6 is 0 Å². The molecule has 2 saturated carbocycles. The lowest BCUT2D eigenvalue weighted by molar-refractivity contribution is 0.315. The van der Waals surface area contributed by atoms with Gasteiger partial charge in [-0.1, -0.05) is 19.8 Å². The molecule has 5 atom stereocenters. The highest BCUT2D eigenvalue weighted by Crippen LogP contribution is 2.38. The molecule has 1 saturated heterocycles. The zero-order valence-electron chi connectivity index (χ0n) is 10.5. The minimum Gasteiger partial charge on any atom is -0.314 e. The molecule has 2 heteroatoms. The van der Waals surface area contributed by atoms with Gasteiger partial charge in [-0.2, -0.15) is 0 Å². The van der Waals surface area contributed by atoms with Crippen LogP contribution in [0.5, 0.6) is 0 Å². The molecule has 3 fully saturated rings. The van der Waals surface area contributed by atoms with Gasteiger partial charge in [0.05, 0.1) is 0 Å². The fourth-order valence-corrected chi connectivity index (χ4v) is 3.93. The second-order valence-corrected chi connectivity index (χ2v) is 6.08. The average molecular weight is 222 g/mol. The summed E-state index contributed by atoms with van der Waals surface area (Å²) >= 11 is 0. The second-order valence-electron chi connectivity index (χ2n) is 6.08. The van der Waals surface area contributed by atoms with Crippen molar-refractivity contribution >= 4 is 0 Å². The van der Waals surface area contributed by atoms with E-state index in [1.165, 1.54) is 51.5 Å². The standard InChI is InChI=1S/C14H26N2/c1-2-10-9-14(10)16-13-6-3-5-11(13)12-7-4-8-15-12/h10-16H,2-9H2,1H3. The van der Waals surface area contributed by atoms with E-state index in [1.54, 1.807) is 0 Å². The molecular weight excluding hydrogens is 196 g/mol. The Kier molecular flexibility index (Phi) is 3.21. The Balaban J connectivity index is 1.53. The van der Waals surface area contributed by atoms with Crippen molar-refractivity contribution in [3.63, 3.8) is 0 Å². The predicted octanol–water partition coefficient (Wildman–Crippen LogP) is 2.30. The fraction of sp³-hybridized carbons (Fsp3) is 1.00. The van der Waals surface area contributed by atoms with Gasteiger partial charge >= 0.3 is 0 Å². The summed E-state index contributed by atoms with van der Waals surface area (Å²) in [5, 5.41) is 7.65. The molecule has 2 nitrogen and oxygen atoms in total. The molecule has 3 aliphatic rings. The van der Waals surface area contributed by atoms with E-state index in [0.29, 0.717) is 0 Å². The zero-order chi connectivity index (χ0) is 11.0. The molecule has 5 unspecified atom stereocenters. The lowest BCUT2D eigenvalue weighted by Gasteiger charge is -2.27. The molecular formula is C14H26N2. The zero-order valence-corrected chi connectivity index (χ0v) is 10.5. The summed E-state index contributed by atoms with van der Waals surface area (Å²) in [6, 6.07) is 2.54. The van der Waals surface area contributed by atoms with E-state index >= 15 is 0 Å². The molecule has 92 valence electrons. The molecule has 2 N–H and O–H groups in total. The maximum atomic E-state index is 3.94. The first-order valence-corrected chi connectivity index (χ1v) is 7.38. The quantitative estimate of drug-likeness (QED) is 0.762. The van der Waals surface area contributed by atoms with Crippen molar-refractivity contribution in [3.8, 4) is 0 Å². The number of hydrogen-bond acceptors (Lipinski definition) is 2. The van der Waals surface area contributed by atoms with E-state index < -0.39 is 0 Å². The fourth-order valence-electron chi connectivity index (χ4n) is 3.93. The van der Waals surface area contributed by atoms with E-state index in [-0.39, 0.29) is 0 Å². The Morgan fingerprint density at radius 1 is 1.12 bits per heavy atom. The molecule has 0 radical (unpaired) electrons. The Labute approximate surface area is 99.6 Å². The average Bonchev–Trinajstić information content (AvgIpc) is 2.72. The Bertz CT molecular complexity index is 235. The topological polar surface area (TPSA) is 24.1 Å². The summed E-state index contributed by atoms with van der Waals surface area (Å²) in [7, 11) is 0. The van der Waals surface area contributed by atoms with Gasteiger partial charge < -0.3 is 10.6 Å². The third kappa shape index (κ3) is 2.14. The first kappa shape index (κ1) is 11.0. The van der Waals surface area contributed by atoms with Crippen LogP contribution in [0, 0.1) is 11.8 Å². The van der Waals surface area contributed by atoms with Gasteiger partial charge in [-0.3, -0.25) is 0 Å². The minimum atomic E-state index is 0.831. The van der Waals surface area contributed by atoms with Crippen LogP contribution in [0.4, 0.5) is 0 Å². The van der Waals surface area contributed by atoms with Crippen molar-refractivity contribution in [3.05, 3.63) is 0 Å². The normalized spacial score (nSPS) is 47.4. The molecule has 1 aliphatic heterocycles. The minimum absolute atomic E-state index is 0.831. The van der Waals surface area contributed by atoms with Crippen molar-refractivity contribution in [1.29, 1.82) is 0 Å². The highest BCUT2D eigenvalue weighted by molar-refractivity contribution is 4.99. The molecule has 0 spiro atoms. The molecule has 0 aromatic heterocycles. The van der Waals surface area contributed by atoms with Crippen LogP contribution in [0.1, 0.15) is 51.9 Å². The summed E-state index contributed by atoms with van der Waals surface area (Å²) in [6.45, 7) is 3.59. The SMILES string of the molecule is CCC1CC1NC1CCCC1C1CCCN1. The molecule has 0 bridgehead atoms. The Hall–Kier alpha value is -0.0800. The van der Waals surface area contributed by atoms with E-state index in [4.69, 9.17) is 0 Å². The van der Waals surface area contributed by atoms with Crippen LogP contribution in [-0.4, -0.2) is 24.7 Å². The summed E-state index contributed by atoms with van der Waals surface area (Å²) < 4.78 is 0. The lowest BCUT2D eigenvalue weighted by Crippen LogP contribution is -2.43. The summed E-state index contributed by atoms with van der Waals surface area (Å²) in [5.74, 6) is 1.93. The first-order valence-electron chi connectivity index (χ1n) is 7.38. The molecule has 3 rings (SSSR count). The second kappa shape index (κ2) is 4.66.